The zero-order chi connectivity index (χ0) is 12.3. The number of esters is 1. The van der Waals surface area contributed by atoms with Crippen LogP contribution in [0.25, 0.3) is 0 Å². The molecule has 0 aromatic heterocycles. The third-order valence-corrected chi connectivity index (χ3v) is 3.55. The van der Waals surface area contributed by atoms with E-state index in [-0.39, 0.29) is 4.90 Å². The number of ether oxygens (including phenoxy) is 1. The molecule has 0 saturated heterocycles. The van der Waals surface area contributed by atoms with Crippen molar-refractivity contribution in [3.8, 4) is 0 Å². The normalized spacial score (nSPS) is 13.2. The lowest BCUT2D eigenvalue weighted by molar-refractivity contribution is -0.141. The highest BCUT2D eigenvalue weighted by molar-refractivity contribution is 8.13. The molecular weight excluding hydrogens is 252 g/mol. The van der Waals surface area contributed by atoms with Crippen molar-refractivity contribution >= 4 is 25.7 Å². The Morgan fingerprint density at radius 1 is 1.44 bits per heavy atom. The van der Waals surface area contributed by atoms with Gasteiger partial charge >= 0.3 is 5.97 Å². The van der Waals surface area contributed by atoms with Crippen LogP contribution in [0.15, 0.2) is 29.2 Å². The number of carbonyl (C=O) groups excluding carboxylic acids is 1. The fraction of sp³-hybridized carbons (Fsp3) is 0.300. The molecule has 4 nitrogen and oxygen atoms in total. The summed E-state index contributed by atoms with van der Waals surface area (Å²) in [5.74, 6) is -0.951. The first-order valence-electron chi connectivity index (χ1n) is 4.48. The third kappa shape index (κ3) is 2.96. The number of benzene rings is 1. The van der Waals surface area contributed by atoms with E-state index < -0.39 is 20.9 Å². The van der Waals surface area contributed by atoms with Gasteiger partial charge in [0.1, 0.15) is 0 Å². The van der Waals surface area contributed by atoms with Crippen LogP contribution >= 0.6 is 10.7 Å². The Kier molecular flexibility index (Phi) is 3.93. The van der Waals surface area contributed by atoms with E-state index >= 15 is 0 Å². The van der Waals surface area contributed by atoms with Crippen molar-refractivity contribution in [3.63, 3.8) is 0 Å². The highest BCUT2D eigenvalue weighted by Crippen LogP contribution is 2.22. The summed E-state index contributed by atoms with van der Waals surface area (Å²) >= 11 is 0. The van der Waals surface area contributed by atoms with Gasteiger partial charge in [0.25, 0.3) is 9.05 Å². The highest BCUT2D eigenvalue weighted by Gasteiger charge is 2.18. The fourth-order valence-corrected chi connectivity index (χ4v) is 2.05. The number of halogens is 1. The van der Waals surface area contributed by atoms with Crippen molar-refractivity contribution in [1.82, 2.24) is 0 Å². The maximum atomic E-state index is 11.3. The molecule has 0 heterocycles. The molecule has 1 rings (SSSR count). The van der Waals surface area contributed by atoms with Crippen LogP contribution in [0.1, 0.15) is 18.4 Å². The lowest BCUT2D eigenvalue weighted by atomic mass is 10.0. The number of carbonyl (C=O) groups is 1. The van der Waals surface area contributed by atoms with Crippen molar-refractivity contribution in [2.45, 2.75) is 17.7 Å². The Bertz CT molecular complexity index is 495. The van der Waals surface area contributed by atoms with Crippen molar-refractivity contribution in [1.29, 1.82) is 0 Å². The molecule has 0 aliphatic carbocycles. The van der Waals surface area contributed by atoms with Crippen LogP contribution < -0.4 is 0 Å². The molecule has 1 atom stereocenters. The second-order valence-electron chi connectivity index (χ2n) is 3.26. The smallest absolute Gasteiger partial charge is 0.312 e. The molecule has 88 valence electrons. The lowest BCUT2D eigenvalue weighted by Crippen LogP contribution is -2.11. The van der Waals surface area contributed by atoms with Crippen molar-refractivity contribution in [2.75, 3.05) is 7.11 Å². The zero-order valence-electron chi connectivity index (χ0n) is 8.81. The highest BCUT2D eigenvalue weighted by atomic mass is 35.7. The van der Waals surface area contributed by atoms with E-state index in [1.165, 1.54) is 25.3 Å². The largest absolute Gasteiger partial charge is 0.469 e. The zero-order valence-corrected chi connectivity index (χ0v) is 10.4. The summed E-state index contributed by atoms with van der Waals surface area (Å²) in [6.07, 6.45) is 0. The standard InChI is InChI=1S/C10H11ClO4S/c1-7(10(12)15-2)8-4-3-5-9(6-8)16(11,13)14/h3-7H,1-2H3. The minimum absolute atomic E-state index is 0.0255. The summed E-state index contributed by atoms with van der Waals surface area (Å²) in [7, 11) is 2.71. The Balaban J connectivity index is 3.13. The van der Waals surface area contributed by atoms with Gasteiger partial charge in [-0.1, -0.05) is 12.1 Å². The van der Waals surface area contributed by atoms with Gasteiger partial charge in [0.2, 0.25) is 0 Å². The van der Waals surface area contributed by atoms with E-state index in [1.54, 1.807) is 13.0 Å². The van der Waals surface area contributed by atoms with E-state index in [0.717, 1.165) is 0 Å². The van der Waals surface area contributed by atoms with Gasteiger partial charge in [-0.25, -0.2) is 8.42 Å². The molecule has 1 aromatic rings. The second kappa shape index (κ2) is 4.84. The molecule has 0 aliphatic rings. The molecule has 0 spiro atoms. The van der Waals surface area contributed by atoms with Gasteiger partial charge in [0, 0.05) is 10.7 Å². The maximum Gasteiger partial charge on any atom is 0.312 e. The van der Waals surface area contributed by atoms with Crippen LogP contribution in [0.5, 0.6) is 0 Å². The molecule has 6 heteroatoms. The molecule has 0 radical (unpaired) electrons. The van der Waals surface area contributed by atoms with Gasteiger partial charge in [-0.3, -0.25) is 4.79 Å². The Hall–Kier alpha value is -1.07. The quantitative estimate of drug-likeness (QED) is 0.617. The minimum atomic E-state index is -3.77. The van der Waals surface area contributed by atoms with Crippen LogP contribution in [0.3, 0.4) is 0 Å². The van der Waals surface area contributed by atoms with Crippen LogP contribution in [-0.2, 0) is 18.6 Å². The molecule has 0 amide bonds. The summed E-state index contributed by atoms with van der Waals surface area (Å²) in [4.78, 5) is 11.2. The van der Waals surface area contributed by atoms with Gasteiger partial charge in [0.15, 0.2) is 0 Å². The molecular formula is C10H11ClO4S. The van der Waals surface area contributed by atoms with Crippen LogP contribution in [0.4, 0.5) is 0 Å². The van der Waals surface area contributed by atoms with E-state index in [1.807, 2.05) is 0 Å². The van der Waals surface area contributed by atoms with Crippen LogP contribution in [0.2, 0.25) is 0 Å². The summed E-state index contributed by atoms with van der Waals surface area (Å²) in [6.45, 7) is 1.63. The van der Waals surface area contributed by atoms with Gasteiger partial charge < -0.3 is 4.74 Å². The van der Waals surface area contributed by atoms with Crippen molar-refractivity contribution in [2.24, 2.45) is 0 Å². The summed E-state index contributed by atoms with van der Waals surface area (Å²) in [5.41, 5.74) is 0.550. The molecule has 16 heavy (non-hydrogen) atoms. The SMILES string of the molecule is COC(=O)C(C)c1cccc(S(=O)(=O)Cl)c1. The Morgan fingerprint density at radius 3 is 2.56 bits per heavy atom. The van der Waals surface area contributed by atoms with E-state index in [0.29, 0.717) is 5.56 Å². The summed E-state index contributed by atoms with van der Waals surface area (Å²) in [6, 6.07) is 5.91. The van der Waals surface area contributed by atoms with Gasteiger partial charge in [0.05, 0.1) is 17.9 Å². The topological polar surface area (TPSA) is 60.4 Å². The number of rotatable bonds is 3. The molecule has 0 bridgehead atoms. The first kappa shape index (κ1) is 13.0. The summed E-state index contributed by atoms with van der Waals surface area (Å²) < 4.78 is 26.8. The summed E-state index contributed by atoms with van der Waals surface area (Å²) in [5, 5.41) is 0. The first-order valence-corrected chi connectivity index (χ1v) is 6.79. The molecule has 0 saturated carbocycles. The fourth-order valence-electron chi connectivity index (χ4n) is 1.25. The van der Waals surface area contributed by atoms with Gasteiger partial charge in [-0.2, -0.15) is 0 Å². The lowest BCUT2D eigenvalue weighted by Gasteiger charge is -2.09. The van der Waals surface area contributed by atoms with E-state index in [9.17, 15) is 13.2 Å². The molecule has 1 unspecified atom stereocenters. The monoisotopic (exact) mass is 262 g/mol. The minimum Gasteiger partial charge on any atom is -0.469 e. The number of hydrogen-bond donors (Lipinski definition) is 0. The molecule has 0 fully saturated rings. The average molecular weight is 263 g/mol. The Labute approximate surface area is 98.6 Å². The Morgan fingerprint density at radius 2 is 2.06 bits per heavy atom. The first-order chi connectivity index (χ1) is 7.36. The van der Waals surface area contributed by atoms with E-state index in [2.05, 4.69) is 4.74 Å². The van der Waals surface area contributed by atoms with Crippen LogP contribution in [-0.4, -0.2) is 21.5 Å². The molecule has 0 N–H and O–H groups in total. The number of hydrogen-bond acceptors (Lipinski definition) is 4. The van der Waals surface area contributed by atoms with Crippen molar-refractivity contribution in [3.05, 3.63) is 29.8 Å². The van der Waals surface area contributed by atoms with Crippen molar-refractivity contribution < 1.29 is 17.9 Å². The predicted octanol–water partition coefficient (Wildman–Crippen LogP) is 1.89. The average Bonchev–Trinajstić information content (AvgIpc) is 2.26. The second-order valence-corrected chi connectivity index (χ2v) is 5.82. The number of methoxy groups -OCH3 is 1. The third-order valence-electron chi connectivity index (χ3n) is 2.19. The van der Waals surface area contributed by atoms with Crippen LogP contribution in [0, 0.1) is 0 Å². The molecule has 1 aromatic carbocycles. The van der Waals surface area contributed by atoms with Gasteiger partial charge in [-0.15, -0.1) is 0 Å². The maximum absolute atomic E-state index is 11.3. The van der Waals surface area contributed by atoms with Gasteiger partial charge in [-0.05, 0) is 24.6 Å². The molecule has 0 aliphatic heterocycles. The van der Waals surface area contributed by atoms with E-state index in [4.69, 9.17) is 10.7 Å². The predicted molar refractivity (Wildman–Crippen MR) is 59.9 cm³/mol.